The molecule has 4 rings (SSSR count). The van der Waals surface area contributed by atoms with Gasteiger partial charge in [-0.05, 0) is 32.0 Å². The number of fused-ring (bicyclic) bond motifs is 1. The Bertz CT molecular complexity index is 869. The average Bonchev–Trinajstić information content (AvgIpc) is 3.07. The first-order valence-corrected chi connectivity index (χ1v) is 8.62. The van der Waals surface area contributed by atoms with Gasteiger partial charge in [0.15, 0.2) is 0 Å². The Kier molecular flexibility index (Phi) is 4.23. The minimum absolute atomic E-state index is 0.286. The fraction of sp³-hybridized carbons (Fsp3) is 0.389. The van der Waals surface area contributed by atoms with Gasteiger partial charge in [0.25, 0.3) is 0 Å². The van der Waals surface area contributed by atoms with Gasteiger partial charge in [0.05, 0.1) is 29.8 Å². The molecule has 0 saturated carbocycles. The molecule has 0 aliphatic carbocycles. The quantitative estimate of drug-likeness (QED) is 0.761. The van der Waals surface area contributed by atoms with Gasteiger partial charge in [0.2, 0.25) is 0 Å². The van der Waals surface area contributed by atoms with E-state index in [2.05, 4.69) is 39.2 Å². The zero-order valence-corrected chi connectivity index (χ0v) is 14.5. The number of hydrogen-bond acceptors (Lipinski definition) is 6. The number of ether oxygens (including phenoxy) is 1. The zero-order valence-electron chi connectivity index (χ0n) is 14.5. The first kappa shape index (κ1) is 15.8. The number of anilines is 2. The number of rotatable bonds is 4. The Morgan fingerprint density at radius 1 is 1.20 bits per heavy atom. The van der Waals surface area contributed by atoms with Crippen molar-refractivity contribution in [2.24, 2.45) is 0 Å². The van der Waals surface area contributed by atoms with Crippen LogP contribution in [0.5, 0.6) is 0 Å². The number of pyridine rings is 2. The summed E-state index contributed by atoms with van der Waals surface area (Å²) in [6.45, 7) is 7.39. The number of morpholine rings is 1. The minimum Gasteiger partial charge on any atom is -0.378 e. The molecule has 7 heteroatoms. The fourth-order valence-corrected chi connectivity index (χ4v) is 3.06. The van der Waals surface area contributed by atoms with Gasteiger partial charge in [-0.3, -0.25) is 5.10 Å². The lowest BCUT2D eigenvalue weighted by atomic mass is 10.1. The van der Waals surface area contributed by atoms with Crippen LogP contribution in [0.4, 0.5) is 11.6 Å². The van der Waals surface area contributed by atoms with Gasteiger partial charge in [-0.25, -0.2) is 9.97 Å². The second kappa shape index (κ2) is 6.68. The monoisotopic (exact) mass is 338 g/mol. The lowest BCUT2D eigenvalue weighted by Gasteiger charge is -2.27. The largest absolute Gasteiger partial charge is 0.378 e. The average molecular weight is 338 g/mol. The topological polar surface area (TPSA) is 79.0 Å². The van der Waals surface area contributed by atoms with Crippen LogP contribution in [0.3, 0.4) is 0 Å². The molecule has 0 radical (unpaired) electrons. The Labute approximate surface area is 146 Å². The van der Waals surface area contributed by atoms with Gasteiger partial charge in [-0.15, -0.1) is 0 Å². The van der Waals surface area contributed by atoms with Crippen molar-refractivity contribution in [2.45, 2.75) is 19.9 Å². The zero-order chi connectivity index (χ0) is 17.2. The van der Waals surface area contributed by atoms with Crippen LogP contribution in [-0.4, -0.2) is 52.5 Å². The third kappa shape index (κ3) is 3.15. The van der Waals surface area contributed by atoms with E-state index in [4.69, 9.17) is 9.72 Å². The number of H-pyrrole nitrogens is 1. The van der Waals surface area contributed by atoms with Crippen molar-refractivity contribution in [1.29, 1.82) is 0 Å². The van der Waals surface area contributed by atoms with E-state index in [-0.39, 0.29) is 6.04 Å². The van der Waals surface area contributed by atoms with E-state index < -0.39 is 0 Å². The minimum atomic E-state index is 0.286. The van der Waals surface area contributed by atoms with E-state index in [1.807, 2.05) is 24.3 Å². The molecule has 3 aromatic heterocycles. The standard InChI is InChI=1S/C18H22N6O/c1-12(2)20-18-16-13(6-7-19-18)22-23-17(16)14-4-3-5-15(21-14)24-8-10-25-11-9-24/h3-7,12H,8-11H2,1-2H3,(H,19,20)(H,22,23). The summed E-state index contributed by atoms with van der Waals surface area (Å²) >= 11 is 0. The molecule has 7 nitrogen and oxygen atoms in total. The maximum Gasteiger partial charge on any atom is 0.137 e. The Morgan fingerprint density at radius 2 is 2.04 bits per heavy atom. The molecule has 2 N–H and O–H groups in total. The van der Waals surface area contributed by atoms with Crippen LogP contribution in [0, 0.1) is 0 Å². The molecule has 4 heterocycles. The maximum absolute atomic E-state index is 5.43. The highest BCUT2D eigenvalue weighted by molar-refractivity contribution is 5.99. The summed E-state index contributed by atoms with van der Waals surface area (Å²) in [7, 11) is 0. The van der Waals surface area contributed by atoms with E-state index in [0.29, 0.717) is 0 Å². The first-order valence-electron chi connectivity index (χ1n) is 8.62. The number of nitrogens with zero attached hydrogens (tertiary/aromatic N) is 4. The van der Waals surface area contributed by atoms with Crippen molar-refractivity contribution >= 4 is 22.5 Å². The van der Waals surface area contributed by atoms with Crippen molar-refractivity contribution in [3.63, 3.8) is 0 Å². The summed E-state index contributed by atoms with van der Waals surface area (Å²) in [5, 5.41) is 12.0. The molecule has 25 heavy (non-hydrogen) atoms. The third-order valence-corrected chi connectivity index (χ3v) is 4.21. The highest BCUT2D eigenvalue weighted by Crippen LogP contribution is 2.31. The molecule has 0 spiro atoms. The second-order valence-electron chi connectivity index (χ2n) is 6.43. The van der Waals surface area contributed by atoms with Crippen LogP contribution >= 0.6 is 0 Å². The summed E-state index contributed by atoms with van der Waals surface area (Å²) in [5.74, 6) is 1.79. The molecule has 0 atom stereocenters. The van der Waals surface area contributed by atoms with Crippen molar-refractivity contribution < 1.29 is 4.74 Å². The summed E-state index contributed by atoms with van der Waals surface area (Å²) in [6.07, 6.45) is 1.78. The molecule has 3 aromatic rings. The Morgan fingerprint density at radius 3 is 2.84 bits per heavy atom. The molecule has 1 aliphatic heterocycles. The maximum atomic E-state index is 5.43. The molecule has 130 valence electrons. The summed E-state index contributed by atoms with van der Waals surface area (Å²) in [6, 6.07) is 8.28. The van der Waals surface area contributed by atoms with E-state index in [1.165, 1.54) is 0 Å². The second-order valence-corrected chi connectivity index (χ2v) is 6.43. The van der Waals surface area contributed by atoms with Crippen LogP contribution in [-0.2, 0) is 4.74 Å². The molecule has 1 aliphatic rings. The summed E-state index contributed by atoms with van der Waals surface area (Å²) in [4.78, 5) is 11.6. The van der Waals surface area contributed by atoms with Crippen molar-refractivity contribution in [3.05, 3.63) is 30.5 Å². The van der Waals surface area contributed by atoms with Crippen LogP contribution in [0.15, 0.2) is 30.5 Å². The molecular weight excluding hydrogens is 316 g/mol. The van der Waals surface area contributed by atoms with Crippen LogP contribution in [0.1, 0.15) is 13.8 Å². The van der Waals surface area contributed by atoms with Crippen LogP contribution in [0.25, 0.3) is 22.3 Å². The SMILES string of the molecule is CC(C)Nc1nccc2[nH]nc(-c3cccc(N4CCOCC4)n3)c12. The molecule has 0 bridgehead atoms. The van der Waals surface area contributed by atoms with Crippen molar-refractivity contribution in [1.82, 2.24) is 20.2 Å². The van der Waals surface area contributed by atoms with Gasteiger partial charge in [-0.2, -0.15) is 5.10 Å². The molecule has 0 aromatic carbocycles. The predicted molar refractivity (Wildman–Crippen MR) is 98.9 cm³/mol. The smallest absolute Gasteiger partial charge is 0.137 e. The lowest BCUT2D eigenvalue weighted by molar-refractivity contribution is 0.122. The predicted octanol–water partition coefficient (Wildman–Crippen LogP) is 2.68. The number of nitrogens with one attached hydrogen (secondary N) is 2. The normalized spacial score (nSPS) is 15.1. The Balaban J connectivity index is 1.77. The first-order chi connectivity index (χ1) is 12.2. The van der Waals surface area contributed by atoms with E-state index in [1.54, 1.807) is 6.20 Å². The molecule has 0 unspecified atom stereocenters. The van der Waals surface area contributed by atoms with Gasteiger partial charge in [0.1, 0.15) is 17.3 Å². The molecule has 0 amide bonds. The fourth-order valence-electron chi connectivity index (χ4n) is 3.06. The van der Waals surface area contributed by atoms with Crippen molar-refractivity contribution in [3.8, 4) is 11.4 Å². The number of hydrogen-bond donors (Lipinski definition) is 2. The van der Waals surface area contributed by atoms with E-state index in [0.717, 1.165) is 60.2 Å². The van der Waals surface area contributed by atoms with E-state index >= 15 is 0 Å². The highest BCUT2D eigenvalue weighted by Gasteiger charge is 2.17. The highest BCUT2D eigenvalue weighted by atomic mass is 16.5. The third-order valence-electron chi connectivity index (χ3n) is 4.21. The lowest BCUT2D eigenvalue weighted by Crippen LogP contribution is -2.36. The number of aromatic amines is 1. The molecule has 1 fully saturated rings. The molecule has 1 saturated heterocycles. The van der Waals surface area contributed by atoms with Crippen molar-refractivity contribution in [2.75, 3.05) is 36.5 Å². The summed E-state index contributed by atoms with van der Waals surface area (Å²) in [5.41, 5.74) is 2.61. The van der Waals surface area contributed by atoms with Crippen LogP contribution in [0.2, 0.25) is 0 Å². The van der Waals surface area contributed by atoms with E-state index in [9.17, 15) is 0 Å². The summed E-state index contributed by atoms with van der Waals surface area (Å²) < 4.78 is 5.43. The van der Waals surface area contributed by atoms with Gasteiger partial charge >= 0.3 is 0 Å². The molecular formula is C18H22N6O. The van der Waals surface area contributed by atoms with Gasteiger partial charge in [-0.1, -0.05) is 6.07 Å². The van der Waals surface area contributed by atoms with Gasteiger partial charge < -0.3 is 15.0 Å². The van der Waals surface area contributed by atoms with Crippen LogP contribution < -0.4 is 10.2 Å². The Hall–Kier alpha value is -2.67. The van der Waals surface area contributed by atoms with Gasteiger partial charge in [0, 0.05) is 25.3 Å². The number of aromatic nitrogens is 4.